The highest BCUT2D eigenvalue weighted by atomic mass is 35.5. The fraction of sp³-hybridized carbons (Fsp3) is 0.150. The third kappa shape index (κ3) is 7.14. The number of carbonyl (C=O) groups excluding carboxylic acids is 2. The molecule has 0 spiro atoms. The molecule has 9 heteroatoms. The summed E-state index contributed by atoms with van der Waals surface area (Å²) in [7, 11) is 1.52. The first-order valence-electron chi connectivity index (χ1n) is 8.41. The molecular weight excluding hydrogens is 417 g/mol. The summed E-state index contributed by atoms with van der Waals surface area (Å²) in [6.07, 6.45) is 2.64. The highest BCUT2D eigenvalue weighted by molar-refractivity contribution is 6.42. The molecule has 152 valence electrons. The lowest BCUT2D eigenvalue weighted by molar-refractivity contribution is -0.126. The number of anilines is 1. The van der Waals surface area contributed by atoms with Crippen molar-refractivity contribution < 1.29 is 19.1 Å². The quantitative estimate of drug-likeness (QED) is 0.269. The number of amides is 2. The van der Waals surface area contributed by atoms with Gasteiger partial charge >= 0.3 is 0 Å². The summed E-state index contributed by atoms with van der Waals surface area (Å²) in [6, 6.07) is 9.78. The zero-order chi connectivity index (χ0) is 21.2. The molecule has 0 saturated carbocycles. The average molecular weight is 436 g/mol. The highest BCUT2D eigenvalue weighted by Crippen LogP contribution is 2.27. The Bertz CT molecular complexity index is 932. The standard InChI is InChI=1S/C20H19Cl2N3O4/c1-3-8-29-17-7-4-13(9-18(17)28-2)12-23-25-20(27)11-19(26)24-14-5-6-15(21)16(22)10-14/h3-7,9-10,12H,1,8,11H2,2H3,(H,24,26)(H,25,27)/b23-12-. The second kappa shape index (κ2) is 11.1. The van der Waals surface area contributed by atoms with Crippen LogP contribution in [-0.2, 0) is 9.59 Å². The van der Waals surface area contributed by atoms with Crippen molar-refractivity contribution in [2.24, 2.45) is 5.10 Å². The summed E-state index contributed by atoms with van der Waals surface area (Å²) >= 11 is 11.7. The first-order valence-corrected chi connectivity index (χ1v) is 9.17. The van der Waals surface area contributed by atoms with E-state index in [0.29, 0.717) is 39.4 Å². The molecule has 2 aromatic carbocycles. The van der Waals surface area contributed by atoms with E-state index in [0.717, 1.165) is 0 Å². The molecule has 2 aromatic rings. The zero-order valence-corrected chi connectivity index (χ0v) is 17.1. The van der Waals surface area contributed by atoms with Crippen LogP contribution in [0.3, 0.4) is 0 Å². The summed E-state index contributed by atoms with van der Waals surface area (Å²) in [5, 5.41) is 7.06. The number of rotatable bonds is 9. The van der Waals surface area contributed by atoms with Gasteiger partial charge in [-0.3, -0.25) is 9.59 Å². The van der Waals surface area contributed by atoms with Gasteiger partial charge in [-0.05, 0) is 42.0 Å². The van der Waals surface area contributed by atoms with Gasteiger partial charge in [0.05, 0.1) is 23.4 Å². The number of nitrogens with zero attached hydrogens (tertiary/aromatic N) is 1. The van der Waals surface area contributed by atoms with Gasteiger partial charge in [0.1, 0.15) is 13.0 Å². The molecule has 0 aromatic heterocycles. The summed E-state index contributed by atoms with van der Waals surface area (Å²) < 4.78 is 10.7. The minimum absolute atomic E-state index is 0.301. The van der Waals surface area contributed by atoms with Crippen molar-refractivity contribution in [3.05, 3.63) is 64.7 Å². The molecule has 0 fully saturated rings. The molecule has 2 amide bonds. The van der Waals surface area contributed by atoms with Gasteiger partial charge in [-0.15, -0.1) is 0 Å². The lowest BCUT2D eigenvalue weighted by Gasteiger charge is -2.09. The van der Waals surface area contributed by atoms with E-state index in [1.54, 1.807) is 36.4 Å². The Morgan fingerprint density at radius 3 is 2.59 bits per heavy atom. The number of nitrogens with one attached hydrogen (secondary N) is 2. The average Bonchev–Trinajstić information content (AvgIpc) is 2.69. The lowest BCUT2D eigenvalue weighted by Crippen LogP contribution is -2.24. The molecule has 0 aliphatic rings. The van der Waals surface area contributed by atoms with Gasteiger partial charge in [0.2, 0.25) is 11.8 Å². The number of carbonyl (C=O) groups is 2. The second-order valence-corrected chi connectivity index (χ2v) is 6.47. The summed E-state index contributed by atoms with van der Waals surface area (Å²) in [5.74, 6) is -0.00567. The SMILES string of the molecule is C=CCOc1ccc(/C=N\NC(=O)CC(=O)Nc2ccc(Cl)c(Cl)c2)cc1OC. The molecule has 0 unspecified atom stereocenters. The molecule has 2 rings (SSSR count). The van der Waals surface area contributed by atoms with Crippen LogP contribution in [0.4, 0.5) is 5.69 Å². The highest BCUT2D eigenvalue weighted by Gasteiger charge is 2.10. The minimum atomic E-state index is -0.572. The van der Waals surface area contributed by atoms with Crippen LogP contribution in [0.15, 0.2) is 54.2 Å². The molecule has 0 heterocycles. The fourth-order valence-electron chi connectivity index (χ4n) is 2.18. The van der Waals surface area contributed by atoms with E-state index in [1.807, 2.05) is 0 Å². The van der Waals surface area contributed by atoms with Crippen LogP contribution in [0.5, 0.6) is 11.5 Å². The summed E-state index contributed by atoms with van der Waals surface area (Å²) in [6.45, 7) is 3.94. The molecule has 0 saturated heterocycles. The van der Waals surface area contributed by atoms with Gasteiger partial charge in [-0.25, -0.2) is 5.43 Å². The second-order valence-electron chi connectivity index (χ2n) is 5.66. The molecule has 0 radical (unpaired) electrons. The topological polar surface area (TPSA) is 89.0 Å². The van der Waals surface area contributed by atoms with Crippen LogP contribution in [-0.4, -0.2) is 31.7 Å². The van der Waals surface area contributed by atoms with E-state index in [4.69, 9.17) is 32.7 Å². The molecule has 0 bridgehead atoms. The van der Waals surface area contributed by atoms with Crippen LogP contribution >= 0.6 is 23.2 Å². The van der Waals surface area contributed by atoms with Crippen molar-refractivity contribution in [2.75, 3.05) is 19.0 Å². The Morgan fingerprint density at radius 2 is 1.90 bits per heavy atom. The van der Waals surface area contributed by atoms with Crippen LogP contribution in [0.1, 0.15) is 12.0 Å². The lowest BCUT2D eigenvalue weighted by atomic mass is 10.2. The number of methoxy groups -OCH3 is 1. The van der Waals surface area contributed by atoms with E-state index in [9.17, 15) is 9.59 Å². The fourth-order valence-corrected chi connectivity index (χ4v) is 2.47. The zero-order valence-electron chi connectivity index (χ0n) is 15.6. The predicted molar refractivity (Wildman–Crippen MR) is 114 cm³/mol. The smallest absolute Gasteiger partial charge is 0.249 e. The van der Waals surface area contributed by atoms with Gasteiger partial charge in [-0.2, -0.15) is 5.10 Å². The van der Waals surface area contributed by atoms with Crippen molar-refractivity contribution in [2.45, 2.75) is 6.42 Å². The Hall–Kier alpha value is -3.03. The van der Waals surface area contributed by atoms with Crippen molar-refractivity contribution in [1.29, 1.82) is 0 Å². The Labute approximate surface area is 178 Å². The maximum atomic E-state index is 11.9. The summed E-state index contributed by atoms with van der Waals surface area (Å²) in [5.41, 5.74) is 3.40. The van der Waals surface area contributed by atoms with Crippen molar-refractivity contribution >= 4 is 46.9 Å². The van der Waals surface area contributed by atoms with Crippen molar-refractivity contribution in [1.82, 2.24) is 5.43 Å². The maximum absolute atomic E-state index is 11.9. The normalized spacial score (nSPS) is 10.4. The van der Waals surface area contributed by atoms with E-state index in [-0.39, 0.29) is 0 Å². The molecular formula is C20H19Cl2N3O4. The third-order valence-corrected chi connectivity index (χ3v) is 4.21. The van der Waals surface area contributed by atoms with Gasteiger partial charge < -0.3 is 14.8 Å². The molecule has 29 heavy (non-hydrogen) atoms. The third-order valence-electron chi connectivity index (χ3n) is 3.47. The molecule has 0 atom stereocenters. The number of ether oxygens (including phenoxy) is 2. The Morgan fingerprint density at radius 1 is 1.10 bits per heavy atom. The number of halogens is 2. The number of benzene rings is 2. The summed E-state index contributed by atoms with van der Waals surface area (Å²) in [4.78, 5) is 23.8. The van der Waals surface area contributed by atoms with E-state index < -0.39 is 18.2 Å². The van der Waals surface area contributed by atoms with Crippen LogP contribution in [0.25, 0.3) is 0 Å². The monoisotopic (exact) mass is 435 g/mol. The van der Waals surface area contributed by atoms with Gasteiger partial charge in [0.25, 0.3) is 0 Å². The molecule has 0 aliphatic heterocycles. The molecule has 7 nitrogen and oxygen atoms in total. The van der Waals surface area contributed by atoms with E-state index in [1.165, 1.54) is 19.4 Å². The van der Waals surface area contributed by atoms with Gasteiger partial charge in [0.15, 0.2) is 11.5 Å². The maximum Gasteiger partial charge on any atom is 0.249 e. The first kappa shape index (κ1) is 22.3. The number of hydrogen-bond donors (Lipinski definition) is 2. The van der Waals surface area contributed by atoms with Crippen LogP contribution in [0, 0.1) is 0 Å². The Balaban J connectivity index is 1.87. The number of hydrogen-bond acceptors (Lipinski definition) is 5. The van der Waals surface area contributed by atoms with E-state index in [2.05, 4.69) is 22.4 Å². The Kier molecular flexibility index (Phi) is 8.51. The van der Waals surface area contributed by atoms with Gasteiger partial charge in [0, 0.05) is 5.69 Å². The molecule has 2 N–H and O–H groups in total. The van der Waals surface area contributed by atoms with Crippen molar-refractivity contribution in [3.8, 4) is 11.5 Å². The first-order chi connectivity index (χ1) is 13.9. The molecule has 0 aliphatic carbocycles. The number of hydrazone groups is 1. The van der Waals surface area contributed by atoms with E-state index >= 15 is 0 Å². The minimum Gasteiger partial charge on any atom is -0.493 e. The van der Waals surface area contributed by atoms with Gasteiger partial charge in [-0.1, -0.05) is 35.9 Å². The van der Waals surface area contributed by atoms with Crippen LogP contribution in [0.2, 0.25) is 10.0 Å². The van der Waals surface area contributed by atoms with Crippen molar-refractivity contribution in [3.63, 3.8) is 0 Å². The largest absolute Gasteiger partial charge is 0.493 e. The predicted octanol–water partition coefficient (Wildman–Crippen LogP) is 4.05. The van der Waals surface area contributed by atoms with Crippen LogP contribution < -0.4 is 20.2 Å².